The molecule has 0 saturated heterocycles. The van der Waals surface area contributed by atoms with Gasteiger partial charge in [0.25, 0.3) is 5.91 Å². The van der Waals surface area contributed by atoms with Crippen LogP contribution in [0.4, 0.5) is 0 Å². The first kappa shape index (κ1) is 13.8. The smallest absolute Gasteiger partial charge is 0.251 e. The van der Waals surface area contributed by atoms with Crippen LogP contribution in [0, 0.1) is 6.92 Å². The molecule has 6 nitrogen and oxygen atoms in total. The Kier molecular flexibility index (Phi) is 3.27. The number of carbonyl (C=O) groups excluding carboxylic acids is 1. The highest BCUT2D eigenvalue weighted by Gasteiger charge is 2.10. The van der Waals surface area contributed by atoms with Crippen LogP contribution in [0.5, 0.6) is 0 Å². The number of hydrogen-bond donors (Lipinski definition) is 1. The van der Waals surface area contributed by atoms with Crippen LogP contribution in [-0.4, -0.2) is 25.3 Å². The lowest BCUT2D eigenvalue weighted by molar-refractivity contribution is 0.0950. The second-order valence-electron chi connectivity index (χ2n) is 5.15. The number of aromatic nitrogens is 4. The Labute approximate surface area is 135 Å². The molecule has 1 amide bonds. The number of rotatable bonds is 3. The average molecular weight is 323 g/mol. The Balaban J connectivity index is 1.54. The molecule has 0 atom stereocenters. The molecule has 0 radical (unpaired) electrons. The molecule has 0 fully saturated rings. The van der Waals surface area contributed by atoms with Gasteiger partial charge in [0.15, 0.2) is 5.65 Å². The van der Waals surface area contributed by atoms with Crippen molar-refractivity contribution in [2.24, 2.45) is 0 Å². The first-order valence-electron chi connectivity index (χ1n) is 7.12. The van der Waals surface area contributed by atoms with Crippen molar-refractivity contribution in [2.75, 3.05) is 0 Å². The Bertz CT molecular complexity index is 1020. The van der Waals surface area contributed by atoms with Gasteiger partial charge in [-0.2, -0.15) is 0 Å². The van der Waals surface area contributed by atoms with Crippen molar-refractivity contribution >= 4 is 33.1 Å². The van der Waals surface area contributed by atoms with Crippen LogP contribution in [0.1, 0.15) is 21.1 Å². The highest BCUT2D eigenvalue weighted by molar-refractivity contribution is 7.18. The van der Waals surface area contributed by atoms with E-state index in [-0.39, 0.29) is 5.91 Å². The summed E-state index contributed by atoms with van der Waals surface area (Å²) in [5.41, 5.74) is 3.23. The summed E-state index contributed by atoms with van der Waals surface area (Å²) in [6.45, 7) is 2.37. The van der Waals surface area contributed by atoms with Crippen molar-refractivity contribution in [2.45, 2.75) is 13.5 Å². The van der Waals surface area contributed by atoms with E-state index in [1.807, 2.05) is 29.7 Å². The van der Waals surface area contributed by atoms with E-state index in [2.05, 4.69) is 20.3 Å². The molecule has 0 aliphatic heterocycles. The summed E-state index contributed by atoms with van der Waals surface area (Å²) in [5, 5.41) is 3.93. The molecule has 4 aromatic rings. The molecular formula is C16H13N5OS. The monoisotopic (exact) mass is 323 g/mol. The Morgan fingerprint density at radius 3 is 3.17 bits per heavy atom. The highest BCUT2D eigenvalue weighted by atomic mass is 32.1. The van der Waals surface area contributed by atoms with Crippen LogP contribution in [0.3, 0.4) is 0 Å². The fourth-order valence-corrected chi connectivity index (χ4v) is 3.35. The number of benzene rings is 1. The minimum absolute atomic E-state index is 0.109. The molecule has 4 rings (SSSR count). The van der Waals surface area contributed by atoms with Crippen molar-refractivity contribution < 1.29 is 4.79 Å². The molecule has 0 saturated carbocycles. The van der Waals surface area contributed by atoms with E-state index < -0.39 is 0 Å². The van der Waals surface area contributed by atoms with Crippen LogP contribution < -0.4 is 5.32 Å². The van der Waals surface area contributed by atoms with E-state index in [9.17, 15) is 4.79 Å². The summed E-state index contributed by atoms with van der Waals surface area (Å²) in [4.78, 5) is 25.0. The number of thiazole rings is 1. The molecule has 0 spiro atoms. The standard InChI is InChI=1S/C16H13N5OS/c1-10-20-13-3-2-11(6-14(13)23-10)16(22)19-8-12-7-18-15-9-17-4-5-21(12)15/h2-7,9H,8H2,1H3,(H,19,22). The van der Waals surface area contributed by atoms with Gasteiger partial charge in [-0.15, -0.1) is 11.3 Å². The van der Waals surface area contributed by atoms with Gasteiger partial charge in [-0.1, -0.05) is 0 Å². The number of aryl methyl sites for hydroxylation is 1. The molecule has 0 bridgehead atoms. The van der Waals surface area contributed by atoms with Gasteiger partial charge in [0, 0.05) is 18.0 Å². The van der Waals surface area contributed by atoms with Gasteiger partial charge in [-0.05, 0) is 25.1 Å². The molecule has 0 aliphatic rings. The van der Waals surface area contributed by atoms with Gasteiger partial charge in [-0.25, -0.2) is 9.97 Å². The number of carbonyl (C=O) groups is 1. The van der Waals surface area contributed by atoms with Crippen molar-refractivity contribution in [3.8, 4) is 0 Å². The number of imidazole rings is 1. The lowest BCUT2D eigenvalue weighted by atomic mass is 10.2. The van der Waals surface area contributed by atoms with E-state index in [1.54, 1.807) is 36.0 Å². The average Bonchev–Trinajstić information content (AvgIpc) is 3.14. The van der Waals surface area contributed by atoms with E-state index in [1.165, 1.54) is 0 Å². The van der Waals surface area contributed by atoms with E-state index in [4.69, 9.17) is 0 Å². The number of nitrogens with one attached hydrogen (secondary N) is 1. The summed E-state index contributed by atoms with van der Waals surface area (Å²) in [6, 6.07) is 5.57. The molecule has 0 aliphatic carbocycles. The third kappa shape index (κ3) is 2.55. The molecule has 3 aromatic heterocycles. The van der Waals surface area contributed by atoms with Crippen molar-refractivity contribution in [3.05, 3.63) is 59.3 Å². The second kappa shape index (κ2) is 5.44. The first-order chi connectivity index (χ1) is 11.2. The van der Waals surface area contributed by atoms with Gasteiger partial charge in [0.05, 0.1) is 39.9 Å². The summed E-state index contributed by atoms with van der Waals surface area (Å²) >= 11 is 1.59. The maximum absolute atomic E-state index is 12.4. The third-order valence-electron chi connectivity index (χ3n) is 3.58. The fourth-order valence-electron chi connectivity index (χ4n) is 2.48. The normalized spacial score (nSPS) is 11.2. The summed E-state index contributed by atoms with van der Waals surface area (Å²) < 4.78 is 2.93. The van der Waals surface area contributed by atoms with Gasteiger partial charge in [-0.3, -0.25) is 14.2 Å². The quantitative estimate of drug-likeness (QED) is 0.629. The predicted molar refractivity (Wildman–Crippen MR) is 88.5 cm³/mol. The number of nitrogens with zero attached hydrogens (tertiary/aromatic N) is 4. The Morgan fingerprint density at radius 2 is 2.26 bits per heavy atom. The van der Waals surface area contributed by atoms with Gasteiger partial charge in [0.2, 0.25) is 0 Å². The zero-order valence-corrected chi connectivity index (χ0v) is 13.2. The lowest BCUT2D eigenvalue weighted by Crippen LogP contribution is -2.23. The summed E-state index contributed by atoms with van der Waals surface area (Å²) in [6.07, 6.45) is 6.95. The third-order valence-corrected chi connectivity index (χ3v) is 4.52. The first-order valence-corrected chi connectivity index (χ1v) is 7.94. The van der Waals surface area contributed by atoms with E-state index >= 15 is 0 Å². The zero-order valence-electron chi connectivity index (χ0n) is 12.4. The van der Waals surface area contributed by atoms with Crippen molar-refractivity contribution in [3.63, 3.8) is 0 Å². The van der Waals surface area contributed by atoms with E-state index in [0.29, 0.717) is 12.1 Å². The zero-order chi connectivity index (χ0) is 15.8. The van der Waals surface area contributed by atoms with Crippen LogP contribution >= 0.6 is 11.3 Å². The van der Waals surface area contributed by atoms with Crippen molar-refractivity contribution in [1.29, 1.82) is 0 Å². The lowest BCUT2D eigenvalue weighted by Gasteiger charge is -2.05. The maximum atomic E-state index is 12.4. The van der Waals surface area contributed by atoms with Crippen LogP contribution in [0.15, 0.2) is 43.0 Å². The number of fused-ring (bicyclic) bond motifs is 2. The molecule has 3 heterocycles. The fraction of sp³-hybridized carbons (Fsp3) is 0.125. The minimum Gasteiger partial charge on any atom is -0.346 e. The van der Waals surface area contributed by atoms with Crippen LogP contribution in [0.25, 0.3) is 15.9 Å². The van der Waals surface area contributed by atoms with Gasteiger partial charge >= 0.3 is 0 Å². The van der Waals surface area contributed by atoms with Gasteiger partial charge < -0.3 is 5.32 Å². The molecule has 1 aromatic carbocycles. The Morgan fingerprint density at radius 1 is 1.35 bits per heavy atom. The predicted octanol–water partition coefficient (Wildman–Crippen LogP) is 2.58. The van der Waals surface area contributed by atoms with Gasteiger partial charge in [0.1, 0.15) is 0 Å². The second-order valence-corrected chi connectivity index (χ2v) is 6.39. The van der Waals surface area contributed by atoms with Crippen molar-refractivity contribution in [1.82, 2.24) is 24.7 Å². The summed E-state index contributed by atoms with van der Waals surface area (Å²) in [7, 11) is 0. The number of amides is 1. The molecule has 23 heavy (non-hydrogen) atoms. The molecule has 1 N–H and O–H groups in total. The SMILES string of the molecule is Cc1nc2ccc(C(=O)NCc3cnc4cnccn34)cc2s1. The van der Waals surface area contributed by atoms with Crippen LogP contribution in [-0.2, 0) is 6.54 Å². The minimum atomic E-state index is -0.109. The Hall–Kier alpha value is -2.80. The largest absolute Gasteiger partial charge is 0.346 e. The molecule has 0 unspecified atom stereocenters. The molecular weight excluding hydrogens is 310 g/mol. The molecule has 114 valence electrons. The maximum Gasteiger partial charge on any atom is 0.251 e. The topological polar surface area (TPSA) is 72.2 Å². The summed E-state index contributed by atoms with van der Waals surface area (Å²) in [5.74, 6) is -0.109. The number of hydrogen-bond acceptors (Lipinski definition) is 5. The van der Waals surface area contributed by atoms with E-state index in [0.717, 1.165) is 26.6 Å². The highest BCUT2D eigenvalue weighted by Crippen LogP contribution is 2.22. The van der Waals surface area contributed by atoms with Crippen LogP contribution in [0.2, 0.25) is 0 Å². The molecule has 7 heteroatoms.